The number of alkyl halides is 3. The Kier molecular flexibility index (Phi) is 5.32. The van der Waals surface area contributed by atoms with Gasteiger partial charge in [0.25, 0.3) is 15.6 Å². The maximum absolute atomic E-state index is 12.6. The Bertz CT molecular complexity index is 902. The van der Waals surface area contributed by atoms with E-state index in [4.69, 9.17) is 0 Å². The second-order valence-corrected chi connectivity index (χ2v) is 7.14. The zero-order valence-electron chi connectivity index (χ0n) is 13.4. The Balaban J connectivity index is 2.08. The second kappa shape index (κ2) is 6.96. The Morgan fingerprint density at radius 1 is 1.28 bits per heavy atom. The van der Waals surface area contributed by atoms with Gasteiger partial charge in [0.1, 0.15) is 0 Å². The van der Waals surface area contributed by atoms with Crippen molar-refractivity contribution in [3.8, 4) is 0 Å². The summed E-state index contributed by atoms with van der Waals surface area (Å²) >= 11 is 0. The molecule has 0 amide bonds. The highest BCUT2D eigenvalue weighted by Gasteiger charge is 2.33. The van der Waals surface area contributed by atoms with Crippen LogP contribution in [0.4, 0.5) is 13.2 Å². The molecule has 2 heterocycles. The van der Waals surface area contributed by atoms with Crippen molar-refractivity contribution in [3.63, 3.8) is 0 Å². The van der Waals surface area contributed by atoms with Gasteiger partial charge < -0.3 is 4.57 Å². The van der Waals surface area contributed by atoms with E-state index in [9.17, 15) is 26.4 Å². The van der Waals surface area contributed by atoms with Crippen molar-refractivity contribution < 1.29 is 21.6 Å². The molecule has 1 N–H and O–H groups in total. The Morgan fingerprint density at radius 2 is 1.96 bits per heavy atom. The summed E-state index contributed by atoms with van der Waals surface area (Å²) in [5.74, 6) is 0. The van der Waals surface area contributed by atoms with Gasteiger partial charge in [-0.1, -0.05) is 0 Å². The molecule has 25 heavy (non-hydrogen) atoms. The molecule has 0 atom stereocenters. The quantitative estimate of drug-likeness (QED) is 0.808. The van der Waals surface area contributed by atoms with Crippen LogP contribution in [0.25, 0.3) is 0 Å². The van der Waals surface area contributed by atoms with E-state index in [0.29, 0.717) is 10.7 Å². The van der Waals surface area contributed by atoms with E-state index in [1.54, 1.807) is 4.57 Å². The first-order chi connectivity index (χ1) is 11.5. The van der Waals surface area contributed by atoms with Crippen molar-refractivity contribution in [1.82, 2.24) is 24.1 Å². The average molecular weight is 379 g/mol. The molecule has 2 rings (SSSR count). The fourth-order valence-electron chi connectivity index (χ4n) is 1.86. The lowest BCUT2D eigenvalue weighted by molar-refractivity contribution is -0.142. The standard InChI is InChI=1S/C13H16F3N5O3S/c1-9(2)20-7-11(17-8-20)25(23,24)18-5-6-21-12(22)4-3-10(19-21)13(14,15)16/h3-4,7-9,18H,5-6H2,1-2H3. The normalized spacial score (nSPS) is 12.7. The molecule has 0 unspecified atom stereocenters. The van der Waals surface area contributed by atoms with Gasteiger partial charge in [0.05, 0.1) is 12.9 Å². The van der Waals surface area contributed by atoms with E-state index < -0.39 is 27.5 Å². The third kappa shape index (κ3) is 4.66. The minimum atomic E-state index is -4.70. The summed E-state index contributed by atoms with van der Waals surface area (Å²) in [5, 5.41) is 2.97. The first-order valence-electron chi connectivity index (χ1n) is 7.19. The molecule has 8 nitrogen and oxygen atoms in total. The SMILES string of the molecule is CC(C)n1cnc(S(=O)(=O)NCCn2nc(C(F)(F)F)ccc2=O)c1. The predicted molar refractivity (Wildman–Crippen MR) is 81.3 cm³/mol. The fourth-order valence-corrected chi connectivity index (χ4v) is 2.81. The van der Waals surface area contributed by atoms with E-state index in [1.165, 1.54) is 12.5 Å². The molecule has 0 spiro atoms. The molecule has 0 aliphatic carbocycles. The van der Waals surface area contributed by atoms with E-state index in [0.717, 1.165) is 6.07 Å². The molecule has 0 fully saturated rings. The lowest BCUT2D eigenvalue weighted by atomic mass is 10.4. The summed E-state index contributed by atoms with van der Waals surface area (Å²) < 4.78 is 66.3. The summed E-state index contributed by atoms with van der Waals surface area (Å²) in [6.07, 6.45) is -2.00. The maximum Gasteiger partial charge on any atom is 0.435 e. The summed E-state index contributed by atoms with van der Waals surface area (Å²) in [6.45, 7) is 3.02. The molecule has 0 aliphatic rings. The monoisotopic (exact) mass is 379 g/mol. The van der Waals surface area contributed by atoms with Crippen LogP contribution in [-0.4, -0.2) is 34.3 Å². The smallest absolute Gasteiger partial charge is 0.334 e. The summed E-state index contributed by atoms with van der Waals surface area (Å²) in [5.41, 5.74) is -2.00. The molecule has 0 aromatic carbocycles. The van der Waals surface area contributed by atoms with Crippen LogP contribution in [0.15, 0.2) is 34.5 Å². The average Bonchev–Trinajstić information content (AvgIpc) is 2.99. The fraction of sp³-hybridized carbons (Fsp3) is 0.462. The van der Waals surface area contributed by atoms with Gasteiger partial charge in [0, 0.05) is 24.8 Å². The Hall–Kier alpha value is -2.21. The number of halogens is 3. The molecule has 0 bridgehead atoms. The van der Waals surface area contributed by atoms with Gasteiger partial charge in [-0.2, -0.15) is 18.3 Å². The molecule has 0 saturated heterocycles. The first-order valence-corrected chi connectivity index (χ1v) is 8.67. The summed E-state index contributed by atoms with van der Waals surface area (Å²) in [6, 6.07) is 1.32. The van der Waals surface area contributed by atoms with Crippen LogP contribution in [0.1, 0.15) is 25.6 Å². The van der Waals surface area contributed by atoms with Crippen molar-refractivity contribution in [2.24, 2.45) is 0 Å². The minimum Gasteiger partial charge on any atom is -0.334 e. The Morgan fingerprint density at radius 3 is 2.52 bits per heavy atom. The molecule has 138 valence electrons. The van der Waals surface area contributed by atoms with E-state index in [1.807, 2.05) is 13.8 Å². The second-order valence-electron chi connectivity index (χ2n) is 5.43. The van der Waals surface area contributed by atoms with Crippen LogP contribution >= 0.6 is 0 Å². The number of sulfonamides is 1. The third-order valence-electron chi connectivity index (χ3n) is 3.22. The maximum atomic E-state index is 12.6. The van der Waals surface area contributed by atoms with Crippen LogP contribution < -0.4 is 10.3 Å². The number of rotatable bonds is 6. The zero-order valence-corrected chi connectivity index (χ0v) is 14.2. The number of hydrogen-bond acceptors (Lipinski definition) is 5. The van der Waals surface area contributed by atoms with Crippen molar-refractivity contribution in [3.05, 3.63) is 40.7 Å². The molecule has 0 radical (unpaired) electrons. The number of hydrogen-bond donors (Lipinski definition) is 1. The number of nitrogens with one attached hydrogen (secondary N) is 1. The van der Waals surface area contributed by atoms with E-state index in [2.05, 4.69) is 14.8 Å². The topological polar surface area (TPSA) is 98.9 Å². The van der Waals surface area contributed by atoms with Crippen molar-refractivity contribution in [2.45, 2.75) is 37.6 Å². The molecular formula is C13H16F3N5O3S. The van der Waals surface area contributed by atoms with Crippen molar-refractivity contribution in [1.29, 1.82) is 0 Å². The molecule has 2 aromatic heterocycles. The number of imidazole rings is 1. The van der Waals surface area contributed by atoms with Crippen molar-refractivity contribution in [2.75, 3.05) is 6.54 Å². The largest absolute Gasteiger partial charge is 0.435 e. The van der Waals surface area contributed by atoms with Gasteiger partial charge in [-0.3, -0.25) is 4.79 Å². The zero-order chi connectivity index (χ0) is 18.8. The van der Waals surface area contributed by atoms with Gasteiger partial charge in [-0.15, -0.1) is 0 Å². The van der Waals surface area contributed by atoms with E-state index >= 15 is 0 Å². The van der Waals surface area contributed by atoms with Crippen LogP contribution in [0.2, 0.25) is 0 Å². The van der Waals surface area contributed by atoms with Gasteiger partial charge in [0.15, 0.2) is 10.7 Å². The van der Waals surface area contributed by atoms with E-state index in [-0.39, 0.29) is 24.2 Å². The van der Waals surface area contributed by atoms with Gasteiger partial charge in [-0.25, -0.2) is 22.8 Å². The molecule has 0 saturated carbocycles. The lowest BCUT2D eigenvalue weighted by Crippen LogP contribution is -2.33. The van der Waals surface area contributed by atoms with Crippen LogP contribution in [0.5, 0.6) is 0 Å². The minimum absolute atomic E-state index is 0.0179. The van der Waals surface area contributed by atoms with Crippen LogP contribution in [0.3, 0.4) is 0 Å². The molecule has 12 heteroatoms. The molecule has 0 aliphatic heterocycles. The highest BCUT2D eigenvalue weighted by Crippen LogP contribution is 2.26. The molecular weight excluding hydrogens is 363 g/mol. The predicted octanol–water partition coefficient (Wildman–Crippen LogP) is 1.02. The van der Waals surface area contributed by atoms with Gasteiger partial charge in [-0.05, 0) is 19.9 Å². The number of nitrogens with zero attached hydrogens (tertiary/aromatic N) is 4. The highest BCUT2D eigenvalue weighted by molar-refractivity contribution is 7.89. The molecule has 2 aromatic rings. The number of aromatic nitrogens is 4. The summed E-state index contributed by atoms with van der Waals surface area (Å²) in [4.78, 5) is 15.3. The lowest BCUT2D eigenvalue weighted by Gasteiger charge is -2.09. The van der Waals surface area contributed by atoms with Crippen LogP contribution in [-0.2, 0) is 22.7 Å². The summed E-state index contributed by atoms with van der Waals surface area (Å²) in [7, 11) is -3.94. The van der Waals surface area contributed by atoms with Crippen LogP contribution in [0, 0.1) is 0 Å². The first kappa shape index (κ1) is 19.1. The highest BCUT2D eigenvalue weighted by atomic mass is 32.2. The Labute approximate surface area is 141 Å². The van der Waals surface area contributed by atoms with Gasteiger partial charge in [0.2, 0.25) is 0 Å². The third-order valence-corrected chi connectivity index (χ3v) is 4.57. The van der Waals surface area contributed by atoms with Crippen molar-refractivity contribution >= 4 is 10.0 Å². The van der Waals surface area contributed by atoms with Gasteiger partial charge >= 0.3 is 6.18 Å².